The van der Waals surface area contributed by atoms with Gasteiger partial charge in [-0.15, -0.1) is 0 Å². The van der Waals surface area contributed by atoms with E-state index in [-0.39, 0.29) is 6.54 Å². The number of benzene rings is 1. The molecule has 0 bridgehead atoms. The van der Waals surface area contributed by atoms with Crippen molar-refractivity contribution in [3.8, 4) is 0 Å². The van der Waals surface area contributed by atoms with Gasteiger partial charge in [-0.3, -0.25) is 4.79 Å². The number of nitrogens with zero attached hydrogens (tertiary/aromatic N) is 1. The van der Waals surface area contributed by atoms with Crippen molar-refractivity contribution < 1.29 is 26.4 Å². The molecule has 1 amide bonds. The van der Waals surface area contributed by atoms with Gasteiger partial charge in [-0.1, -0.05) is 18.6 Å². The maximum absolute atomic E-state index is 12.8. The number of piperidine rings is 1. The van der Waals surface area contributed by atoms with Crippen molar-refractivity contribution >= 4 is 15.9 Å². The van der Waals surface area contributed by atoms with Gasteiger partial charge in [-0.25, -0.2) is 8.42 Å². The van der Waals surface area contributed by atoms with E-state index >= 15 is 0 Å². The molecule has 9 heteroatoms. The van der Waals surface area contributed by atoms with E-state index in [4.69, 9.17) is 0 Å². The van der Waals surface area contributed by atoms with E-state index in [0.717, 1.165) is 29.1 Å². The summed E-state index contributed by atoms with van der Waals surface area (Å²) in [5.74, 6) is -0.491. The van der Waals surface area contributed by atoms with Crippen LogP contribution in [0.1, 0.15) is 43.4 Å². The Morgan fingerprint density at radius 1 is 1.32 bits per heavy atom. The van der Waals surface area contributed by atoms with Crippen LogP contribution in [0, 0.1) is 0 Å². The summed E-state index contributed by atoms with van der Waals surface area (Å²) in [5, 5.41) is 2.63. The molecule has 2 rings (SSSR count). The molecule has 0 spiro atoms. The Morgan fingerprint density at radius 3 is 2.60 bits per heavy atom. The fraction of sp³-hybridized carbons (Fsp3) is 0.562. The van der Waals surface area contributed by atoms with Gasteiger partial charge in [0.2, 0.25) is 15.9 Å². The van der Waals surface area contributed by atoms with Crippen molar-refractivity contribution in [2.24, 2.45) is 0 Å². The van der Waals surface area contributed by atoms with Gasteiger partial charge in [0, 0.05) is 6.54 Å². The van der Waals surface area contributed by atoms with E-state index in [2.05, 4.69) is 5.32 Å². The van der Waals surface area contributed by atoms with Crippen LogP contribution < -0.4 is 5.32 Å². The summed E-state index contributed by atoms with van der Waals surface area (Å²) in [7, 11) is -3.52. The fourth-order valence-electron chi connectivity index (χ4n) is 2.94. The van der Waals surface area contributed by atoms with Crippen LogP contribution in [0.2, 0.25) is 0 Å². The van der Waals surface area contributed by atoms with Crippen molar-refractivity contribution in [2.75, 3.05) is 12.8 Å². The Hall–Kier alpha value is -1.61. The summed E-state index contributed by atoms with van der Waals surface area (Å²) in [6, 6.07) is 3.24. The second kappa shape index (κ2) is 7.33. The Morgan fingerprint density at radius 2 is 2.00 bits per heavy atom. The van der Waals surface area contributed by atoms with Crippen LogP contribution in [0.15, 0.2) is 24.3 Å². The first-order valence-corrected chi connectivity index (χ1v) is 9.79. The van der Waals surface area contributed by atoms with Crippen LogP contribution in [0.5, 0.6) is 0 Å². The minimum atomic E-state index is -4.46. The lowest BCUT2D eigenvalue weighted by atomic mass is 10.0. The Balaban J connectivity index is 2.14. The van der Waals surface area contributed by atoms with E-state index in [9.17, 15) is 26.4 Å². The smallest absolute Gasteiger partial charge is 0.348 e. The fourth-order valence-corrected chi connectivity index (χ4v) is 4.07. The average molecular weight is 378 g/mol. The highest BCUT2D eigenvalue weighted by Crippen LogP contribution is 2.31. The van der Waals surface area contributed by atoms with E-state index < -0.39 is 39.8 Å². The van der Waals surface area contributed by atoms with E-state index in [1.807, 2.05) is 0 Å². The van der Waals surface area contributed by atoms with Gasteiger partial charge < -0.3 is 5.32 Å². The number of halogens is 3. The molecule has 1 heterocycles. The number of rotatable bonds is 4. The highest BCUT2D eigenvalue weighted by molar-refractivity contribution is 7.88. The lowest BCUT2D eigenvalue weighted by Gasteiger charge is -2.33. The third-order valence-electron chi connectivity index (χ3n) is 4.26. The van der Waals surface area contributed by atoms with Crippen molar-refractivity contribution in [2.45, 2.75) is 44.4 Å². The number of amides is 1. The molecule has 1 aliphatic rings. The predicted octanol–water partition coefficient (Wildman–Crippen LogP) is 2.70. The molecule has 1 aliphatic heterocycles. The van der Waals surface area contributed by atoms with Gasteiger partial charge in [0.05, 0.1) is 17.9 Å². The van der Waals surface area contributed by atoms with Crippen LogP contribution in [0.3, 0.4) is 0 Å². The topological polar surface area (TPSA) is 66.5 Å². The van der Waals surface area contributed by atoms with Crippen LogP contribution in [-0.4, -0.2) is 37.5 Å². The van der Waals surface area contributed by atoms with Crippen LogP contribution in [0.25, 0.3) is 0 Å². The molecule has 1 aromatic carbocycles. The molecule has 0 aromatic heterocycles. The molecule has 1 N–H and O–H groups in total. The molecule has 1 saturated heterocycles. The van der Waals surface area contributed by atoms with Crippen molar-refractivity contribution in [1.29, 1.82) is 0 Å². The highest BCUT2D eigenvalue weighted by atomic mass is 32.2. The van der Waals surface area contributed by atoms with Crippen molar-refractivity contribution in [3.63, 3.8) is 0 Å². The van der Waals surface area contributed by atoms with Crippen LogP contribution in [0.4, 0.5) is 13.2 Å². The molecular formula is C16H21F3N2O3S. The second-order valence-corrected chi connectivity index (χ2v) is 8.17. The number of hydrogen-bond donors (Lipinski definition) is 1. The highest BCUT2D eigenvalue weighted by Gasteiger charge is 2.35. The van der Waals surface area contributed by atoms with Crippen molar-refractivity contribution in [1.82, 2.24) is 9.62 Å². The second-order valence-electron chi connectivity index (χ2n) is 6.24. The molecule has 0 radical (unpaired) electrons. The van der Waals surface area contributed by atoms with Gasteiger partial charge in [0.15, 0.2) is 0 Å². The number of hydrogen-bond acceptors (Lipinski definition) is 3. The molecular weight excluding hydrogens is 357 g/mol. The number of carbonyl (C=O) groups excluding carboxylic acids is 1. The van der Waals surface area contributed by atoms with Gasteiger partial charge in [-0.05, 0) is 37.5 Å². The van der Waals surface area contributed by atoms with Crippen LogP contribution >= 0.6 is 0 Å². The maximum Gasteiger partial charge on any atom is 0.416 e. The number of sulfonamides is 1. The monoisotopic (exact) mass is 378 g/mol. The summed E-state index contributed by atoms with van der Waals surface area (Å²) >= 11 is 0. The average Bonchev–Trinajstić information content (AvgIpc) is 2.53. The van der Waals surface area contributed by atoms with Gasteiger partial charge in [-0.2, -0.15) is 17.5 Å². The quantitative estimate of drug-likeness (QED) is 0.876. The zero-order valence-electron chi connectivity index (χ0n) is 14.0. The summed E-state index contributed by atoms with van der Waals surface area (Å²) in [5.41, 5.74) is -0.480. The van der Waals surface area contributed by atoms with E-state index in [0.29, 0.717) is 18.4 Å². The Labute approximate surface area is 145 Å². The Bertz CT molecular complexity index is 734. The Kier molecular flexibility index (Phi) is 5.78. The minimum Gasteiger partial charge on any atom is -0.348 e. The normalized spacial score (nSPS) is 20.9. The molecule has 25 heavy (non-hydrogen) atoms. The molecule has 0 aliphatic carbocycles. The van der Waals surface area contributed by atoms with Gasteiger partial charge in [0.25, 0.3) is 0 Å². The maximum atomic E-state index is 12.8. The molecule has 0 saturated carbocycles. The van der Waals surface area contributed by atoms with Crippen LogP contribution in [-0.2, 0) is 21.0 Å². The lowest BCUT2D eigenvalue weighted by Crippen LogP contribution is -2.51. The van der Waals surface area contributed by atoms with E-state index in [1.165, 1.54) is 12.1 Å². The SMILES string of the molecule is CC(NC(=O)C1CCCCN1S(C)(=O)=O)c1cccc(C(F)(F)F)c1. The van der Waals surface area contributed by atoms with E-state index in [1.54, 1.807) is 6.92 Å². The number of nitrogens with one attached hydrogen (secondary N) is 1. The standard InChI is InChI=1S/C16H21F3N2O3S/c1-11(12-6-5-7-13(10-12)16(17,18)19)20-15(22)14-8-3-4-9-21(14)25(2,23)24/h5-7,10-11,14H,3-4,8-9H2,1-2H3,(H,20,22). The first kappa shape index (κ1) is 19.7. The summed E-state index contributed by atoms with van der Waals surface area (Å²) in [6.07, 6.45) is -1.61. The molecule has 5 nitrogen and oxygen atoms in total. The first-order chi connectivity index (χ1) is 11.5. The molecule has 1 aromatic rings. The molecule has 1 fully saturated rings. The zero-order valence-corrected chi connectivity index (χ0v) is 14.8. The summed E-state index contributed by atoms with van der Waals surface area (Å²) in [6.45, 7) is 1.84. The van der Waals surface area contributed by atoms with Gasteiger partial charge >= 0.3 is 6.18 Å². The number of alkyl halides is 3. The third-order valence-corrected chi connectivity index (χ3v) is 5.54. The lowest BCUT2D eigenvalue weighted by molar-refractivity contribution is -0.137. The zero-order chi connectivity index (χ0) is 18.8. The molecule has 140 valence electrons. The molecule has 2 atom stereocenters. The molecule has 2 unspecified atom stereocenters. The van der Waals surface area contributed by atoms with Crippen molar-refractivity contribution in [3.05, 3.63) is 35.4 Å². The first-order valence-electron chi connectivity index (χ1n) is 7.94. The number of carbonyl (C=O) groups is 1. The van der Waals surface area contributed by atoms with Gasteiger partial charge in [0.1, 0.15) is 6.04 Å². The summed E-state index contributed by atoms with van der Waals surface area (Å²) < 4.78 is 63.2. The largest absolute Gasteiger partial charge is 0.416 e. The summed E-state index contributed by atoms with van der Waals surface area (Å²) in [4.78, 5) is 12.5. The predicted molar refractivity (Wildman–Crippen MR) is 87.2 cm³/mol. The third kappa shape index (κ3) is 4.94. The minimum absolute atomic E-state index is 0.273.